The number of hydrogen-bond acceptors (Lipinski definition) is 2. The first kappa shape index (κ1) is 17.3. The summed E-state index contributed by atoms with van der Waals surface area (Å²) >= 11 is 11.9. The lowest BCUT2D eigenvalue weighted by molar-refractivity contribution is -0.141. The van der Waals surface area contributed by atoms with E-state index in [1.165, 1.54) is 0 Å². The SMILES string of the molecule is O=C(Cc1ccccc1)N[C@@H](Cc1ccc(Cl)cc1Cl)C(=O)O. The number of halogens is 2. The predicted molar refractivity (Wildman–Crippen MR) is 89.9 cm³/mol. The molecule has 0 aromatic heterocycles. The van der Waals surface area contributed by atoms with E-state index in [0.717, 1.165) is 5.56 Å². The molecule has 0 spiro atoms. The zero-order valence-corrected chi connectivity index (χ0v) is 13.6. The van der Waals surface area contributed by atoms with Gasteiger partial charge in [-0.15, -0.1) is 0 Å². The van der Waals surface area contributed by atoms with Crippen molar-refractivity contribution in [3.63, 3.8) is 0 Å². The molecule has 1 amide bonds. The highest BCUT2D eigenvalue weighted by molar-refractivity contribution is 6.35. The van der Waals surface area contributed by atoms with E-state index < -0.39 is 12.0 Å². The van der Waals surface area contributed by atoms with Gasteiger partial charge >= 0.3 is 5.97 Å². The van der Waals surface area contributed by atoms with Crippen LogP contribution in [0.15, 0.2) is 48.5 Å². The van der Waals surface area contributed by atoms with Crippen molar-refractivity contribution in [3.8, 4) is 0 Å². The highest BCUT2D eigenvalue weighted by Crippen LogP contribution is 2.22. The maximum absolute atomic E-state index is 12.0. The van der Waals surface area contributed by atoms with Gasteiger partial charge < -0.3 is 10.4 Å². The summed E-state index contributed by atoms with van der Waals surface area (Å²) in [4.78, 5) is 23.4. The minimum Gasteiger partial charge on any atom is -0.480 e. The van der Waals surface area contributed by atoms with E-state index in [1.807, 2.05) is 30.3 Å². The molecule has 2 aromatic carbocycles. The number of aliphatic carboxylic acids is 1. The number of rotatable bonds is 6. The molecule has 1 atom stereocenters. The van der Waals surface area contributed by atoms with Gasteiger partial charge in [-0.05, 0) is 23.3 Å². The Kier molecular flexibility index (Phi) is 6.02. The molecule has 0 aliphatic rings. The average molecular weight is 352 g/mol. The molecule has 23 heavy (non-hydrogen) atoms. The number of nitrogens with one attached hydrogen (secondary N) is 1. The standard InChI is InChI=1S/C17H15Cl2NO3/c18-13-7-6-12(14(19)10-13)9-15(17(22)23)20-16(21)8-11-4-2-1-3-5-11/h1-7,10,15H,8-9H2,(H,20,21)(H,22,23)/t15-/m0/s1. The zero-order chi connectivity index (χ0) is 16.8. The van der Waals surface area contributed by atoms with Crippen molar-refractivity contribution in [2.45, 2.75) is 18.9 Å². The maximum Gasteiger partial charge on any atom is 0.326 e. The van der Waals surface area contributed by atoms with Crippen LogP contribution >= 0.6 is 23.2 Å². The van der Waals surface area contributed by atoms with Gasteiger partial charge in [0.15, 0.2) is 0 Å². The number of carbonyl (C=O) groups excluding carboxylic acids is 1. The lowest BCUT2D eigenvalue weighted by Crippen LogP contribution is -2.43. The second kappa shape index (κ2) is 7.99. The minimum atomic E-state index is -1.11. The summed E-state index contributed by atoms with van der Waals surface area (Å²) in [6, 6.07) is 12.9. The van der Waals surface area contributed by atoms with Crippen LogP contribution in [0.2, 0.25) is 10.0 Å². The molecule has 2 rings (SSSR count). The third kappa shape index (κ3) is 5.27. The fourth-order valence-corrected chi connectivity index (χ4v) is 2.62. The molecule has 120 valence electrons. The number of benzene rings is 2. The van der Waals surface area contributed by atoms with Crippen molar-refractivity contribution in [1.82, 2.24) is 5.32 Å². The Morgan fingerprint density at radius 1 is 1.09 bits per heavy atom. The summed E-state index contributed by atoms with van der Waals surface area (Å²) in [5.41, 5.74) is 1.43. The van der Waals surface area contributed by atoms with Gasteiger partial charge in [-0.2, -0.15) is 0 Å². The van der Waals surface area contributed by atoms with Crippen LogP contribution < -0.4 is 5.32 Å². The smallest absolute Gasteiger partial charge is 0.326 e. The highest BCUT2D eigenvalue weighted by atomic mass is 35.5. The summed E-state index contributed by atoms with van der Waals surface area (Å²) in [5, 5.41) is 12.7. The fourth-order valence-electron chi connectivity index (χ4n) is 2.13. The largest absolute Gasteiger partial charge is 0.480 e. The molecule has 2 N–H and O–H groups in total. The third-order valence-corrected chi connectivity index (χ3v) is 3.87. The van der Waals surface area contributed by atoms with Crippen molar-refractivity contribution in [1.29, 1.82) is 0 Å². The number of hydrogen-bond donors (Lipinski definition) is 2. The van der Waals surface area contributed by atoms with E-state index in [-0.39, 0.29) is 18.7 Å². The van der Waals surface area contributed by atoms with E-state index in [1.54, 1.807) is 18.2 Å². The molecule has 0 heterocycles. The Balaban J connectivity index is 2.04. The summed E-state index contributed by atoms with van der Waals surface area (Å²) in [6.45, 7) is 0. The Hall–Kier alpha value is -2.04. The lowest BCUT2D eigenvalue weighted by Gasteiger charge is -2.15. The Bertz CT molecular complexity index is 704. The molecule has 0 aliphatic carbocycles. The van der Waals surface area contributed by atoms with Crippen LogP contribution in [-0.2, 0) is 22.4 Å². The monoisotopic (exact) mass is 351 g/mol. The van der Waals surface area contributed by atoms with Gasteiger partial charge in [0, 0.05) is 16.5 Å². The van der Waals surface area contributed by atoms with Gasteiger partial charge in [0.05, 0.1) is 6.42 Å². The summed E-state index contributed by atoms with van der Waals surface area (Å²) in [6.07, 6.45) is 0.213. The Morgan fingerprint density at radius 3 is 2.39 bits per heavy atom. The number of carboxylic acid groups (broad SMARTS) is 1. The molecule has 0 saturated heterocycles. The first-order valence-electron chi connectivity index (χ1n) is 6.95. The minimum absolute atomic E-state index is 0.0892. The quantitative estimate of drug-likeness (QED) is 0.838. The molecular formula is C17H15Cl2NO3. The average Bonchev–Trinajstić information content (AvgIpc) is 2.50. The topological polar surface area (TPSA) is 66.4 Å². The van der Waals surface area contributed by atoms with Crippen LogP contribution in [0.25, 0.3) is 0 Å². The molecule has 6 heteroatoms. The normalized spacial score (nSPS) is 11.7. The second-order valence-corrected chi connectivity index (χ2v) is 5.90. The Labute approximate surface area is 144 Å². The zero-order valence-electron chi connectivity index (χ0n) is 12.1. The van der Waals surface area contributed by atoms with E-state index in [0.29, 0.717) is 15.6 Å². The van der Waals surface area contributed by atoms with E-state index in [4.69, 9.17) is 23.2 Å². The van der Waals surface area contributed by atoms with Crippen molar-refractivity contribution in [2.75, 3.05) is 0 Å². The van der Waals surface area contributed by atoms with Crippen molar-refractivity contribution >= 4 is 35.1 Å². The van der Waals surface area contributed by atoms with Gasteiger partial charge in [-0.1, -0.05) is 59.6 Å². The number of carbonyl (C=O) groups is 2. The van der Waals surface area contributed by atoms with Crippen molar-refractivity contribution < 1.29 is 14.7 Å². The molecule has 0 unspecified atom stereocenters. The summed E-state index contributed by atoms with van der Waals surface area (Å²) in [5.74, 6) is -1.47. The van der Waals surface area contributed by atoms with Crippen LogP contribution in [0.1, 0.15) is 11.1 Å². The highest BCUT2D eigenvalue weighted by Gasteiger charge is 2.21. The van der Waals surface area contributed by atoms with Gasteiger partial charge in [-0.3, -0.25) is 4.79 Å². The summed E-state index contributed by atoms with van der Waals surface area (Å²) in [7, 11) is 0. The van der Waals surface area contributed by atoms with Crippen LogP contribution in [-0.4, -0.2) is 23.0 Å². The fraction of sp³-hybridized carbons (Fsp3) is 0.176. The van der Waals surface area contributed by atoms with Crippen LogP contribution in [0.4, 0.5) is 0 Å². The lowest BCUT2D eigenvalue weighted by atomic mass is 10.1. The van der Waals surface area contributed by atoms with Crippen LogP contribution in [0, 0.1) is 0 Å². The van der Waals surface area contributed by atoms with Gasteiger partial charge in [-0.25, -0.2) is 4.79 Å². The first-order valence-corrected chi connectivity index (χ1v) is 7.71. The van der Waals surface area contributed by atoms with Gasteiger partial charge in [0.2, 0.25) is 5.91 Å². The molecule has 0 radical (unpaired) electrons. The molecule has 2 aromatic rings. The van der Waals surface area contributed by atoms with E-state index >= 15 is 0 Å². The molecule has 0 fully saturated rings. The second-order valence-electron chi connectivity index (χ2n) is 5.06. The molecule has 0 aliphatic heterocycles. The predicted octanol–water partition coefficient (Wildman–Crippen LogP) is 3.35. The first-order chi connectivity index (χ1) is 11.0. The van der Waals surface area contributed by atoms with Gasteiger partial charge in [0.1, 0.15) is 6.04 Å². The molecular weight excluding hydrogens is 337 g/mol. The van der Waals surface area contributed by atoms with Gasteiger partial charge in [0.25, 0.3) is 0 Å². The number of amides is 1. The van der Waals surface area contributed by atoms with Crippen molar-refractivity contribution in [3.05, 3.63) is 69.7 Å². The molecule has 0 saturated carbocycles. The van der Waals surface area contributed by atoms with Crippen LogP contribution in [0.5, 0.6) is 0 Å². The van der Waals surface area contributed by atoms with E-state index in [2.05, 4.69) is 5.32 Å². The van der Waals surface area contributed by atoms with Crippen molar-refractivity contribution in [2.24, 2.45) is 0 Å². The van der Waals surface area contributed by atoms with Crippen LogP contribution in [0.3, 0.4) is 0 Å². The third-order valence-electron chi connectivity index (χ3n) is 3.28. The summed E-state index contributed by atoms with van der Waals surface area (Å²) < 4.78 is 0. The molecule has 4 nitrogen and oxygen atoms in total. The Morgan fingerprint density at radius 2 is 1.78 bits per heavy atom. The maximum atomic E-state index is 12.0. The number of carboxylic acids is 1. The van der Waals surface area contributed by atoms with E-state index in [9.17, 15) is 14.7 Å². The molecule has 0 bridgehead atoms.